The zero-order valence-corrected chi connectivity index (χ0v) is 8.69. The van der Waals surface area contributed by atoms with E-state index in [1.54, 1.807) is 0 Å². The van der Waals surface area contributed by atoms with Crippen molar-refractivity contribution in [3.63, 3.8) is 0 Å². The lowest BCUT2D eigenvalue weighted by Gasteiger charge is -2.21. The minimum atomic E-state index is 0.379. The smallest absolute Gasteiger partial charge is 0.236 e. The monoisotopic (exact) mass is 158 g/mol. The lowest BCUT2D eigenvalue weighted by molar-refractivity contribution is 0.242. The Morgan fingerprint density at radius 3 is 2.20 bits per heavy atom. The molecular formula is C8H18OSi. The minimum Gasteiger partial charge on any atom is -0.415 e. The highest BCUT2D eigenvalue weighted by molar-refractivity contribution is 6.31. The molecule has 0 aliphatic rings. The molecule has 0 aromatic carbocycles. The Hall–Kier alpha value is 0.177. The van der Waals surface area contributed by atoms with Crippen LogP contribution in [0.4, 0.5) is 0 Å². The second-order valence-electron chi connectivity index (χ2n) is 3.51. The Labute approximate surface area is 67.1 Å². The van der Waals surface area contributed by atoms with Crippen LogP contribution in [-0.2, 0) is 4.43 Å². The van der Waals surface area contributed by atoms with Gasteiger partial charge in [0.05, 0.1) is 0 Å². The van der Waals surface area contributed by atoms with Crippen molar-refractivity contribution in [3.8, 4) is 0 Å². The summed E-state index contributed by atoms with van der Waals surface area (Å²) in [5, 5.41) is 0.379. The minimum absolute atomic E-state index is 0.379. The SMILES string of the molecule is CCC(C)(C)[Si]OC(C)C. The van der Waals surface area contributed by atoms with E-state index >= 15 is 0 Å². The van der Waals surface area contributed by atoms with Crippen LogP contribution in [0.5, 0.6) is 0 Å². The van der Waals surface area contributed by atoms with E-state index in [4.69, 9.17) is 4.43 Å². The summed E-state index contributed by atoms with van der Waals surface area (Å²) < 4.78 is 5.53. The van der Waals surface area contributed by atoms with E-state index in [9.17, 15) is 0 Å². The summed E-state index contributed by atoms with van der Waals surface area (Å²) in [4.78, 5) is 0. The van der Waals surface area contributed by atoms with Crippen molar-refractivity contribution >= 4 is 9.76 Å². The van der Waals surface area contributed by atoms with Crippen LogP contribution in [0.3, 0.4) is 0 Å². The van der Waals surface area contributed by atoms with Gasteiger partial charge < -0.3 is 4.43 Å². The molecule has 0 saturated carbocycles. The molecule has 10 heavy (non-hydrogen) atoms. The second kappa shape index (κ2) is 4.14. The largest absolute Gasteiger partial charge is 0.415 e. The fourth-order valence-corrected chi connectivity index (χ4v) is 1.05. The molecular weight excluding hydrogens is 140 g/mol. The van der Waals surface area contributed by atoms with Crippen molar-refractivity contribution in [2.45, 2.75) is 52.2 Å². The van der Waals surface area contributed by atoms with Crippen molar-refractivity contribution in [2.75, 3.05) is 0 Å². The molecule has 0 aliphatic carbocycles. The molecule has 60 valence electrons. The second-order valence-corrected chi connectivity index (χ2v) is 5.30. The molecule has 0 bridgehead atoms. The fraction of sp³-hybridized carbons (Fsp3) is 1.00. The molecule has 2 radical (unpaired) electrons. The van der Waals surface area contributed by atoms with Crippen LogP contribution in [0.1, 0.15) is 41.0 Å². The van der Waals surface area contributed by atoms with Gasteiger partial charge in [0.25, 0.3) is 0 Å². The first-order valence-electron chi connectivity index (χ1n) is 3.91. The molecule has 0 amide bonds. The molecule has 0 saturated heterocycles. The molecule has 0 aromatic heterocycles. The standard InChI is InChI=1S/C8H18OSi/c1-6-8(4,5)10-9-7(2)3/h7H,6H2,1-5H3. The van der Waals surface area contributed by atoms with Gasteiger partial charge in [-0.3, -0.25) is 0 Å². The third kappa shape index (κ3) is 5.00. The first-order valence-corrected chi connectivity index (χ1v) is 4.81. The predicted octanol–water partition coefficient (Wildman–Crippen LogP) is 2.64. The normalized spacial score (nSPS) is 12.6. The molecule has 0 spiro atoms. The van der Waals surface area contributed by atoms with E-state index in [0.717, 1.165) is 0 Å². The summed E-state index contributed by atoms with van der Waals surface area (Å²) in [6.07, 6.45) is 1.57. The molecule has 0 fully saturated rings. The highest BCUT2D eigenvalue weighted by atomic mass is 28.2. The van der Waals surface area contributed by atoms with Gasteiger partial charge in [0.15, 0.2) is 0 Å². The first-order chi connectivity index (χ1) is 4.48. The topological polar surface area (TPSA) is 9.23 Å². The lowest BCUT2D eigenvalue weighted by atomic mass is 10.1. The van der Waals surface area contributed by atoms with Crippen molar-refractivity contribution in [2.24, 2.45) is 0 Å². The van der Waals surface area contributed by atoms with E-state index in [1.165, 1.54) is 6.42 Å². The maximum absolute atomic E-state index is 5.53. The van der Waals surface area contributed by atoms with Gasteiger partial charge in [0.2, 0.25) is 9.76 Å². The lowest BCUT2D eigenvalue weighted by Crippen LogP contribution is -2.18. The van der Waals surface area contributed by atoms with Crippen LogP contribution in [-0.4, -0.2) is 15.9 Å². The Kier molecular flexibility index (Phi) is 4.21. The van der Waals surface area contributed by atoms with Gasteiger partial charge in [-0.1, -0.05) is 27.2 Å². The summed E-state index contributed by atoms with van der Waals surface area (Å²) in [5.41, 5.74) is 0. The molecule has 2 heteroatoms. The molecule has 0 N–H and O–H groups in total. The summed E-state index contributed by atoms with van der Waals surface area (Å²) in [7, 11) is 0.639. The van der Waals surface area contributed by atoms with E-state index in [1.807, 2.05) is 0 Å². The van der Waals surface area contributed by atoms with Gasteiger partial charge in [-0.05, 0) is 18.9 Å². The average Bonchev–Trinajstić information content (AvgIpc) is 1.85. The Morgan fingerprint density at radius 2 is 1.90 bits per heavy atom. The summed E-state index contributed by atoms with van der Waals surface area (Å²) in [5.74, 6) is 0. The van der Waals surface area contributed by atoms with Gasteiger partial charge in [0, 0.05) is 6.10 Å². The maximum atomic E-state index is 5.53. The number of hydrogen-bond acceptors (Lipinski definition) is 1. The highest BCUT2D eigenvalue weighted by Gasteiger charge is 2.18. The third-order valence-corrected chi connectivity index (χ3v) is 2.95. The van der Waals surface area contributed by atoms with Gasteiger partial charge in [-0.15, -0.1) is 0 Å². The van der Waals surface area contributed by atoms with E-state index in [-0.39, 0.29) is 0 Å². The summed E-state index contributed by atoms with van der Waals surface area (Å²) >= 11 is 0. The van der Waals surface area contributed by atoms with Crippen molar-refractivity contribution in [1.29, 1.82) is 0 Å². The van der Waals surface area contributed by atoms with Gasteiger partial charge in [-0.25, -0.2) is 0 Å². The number of rotatable bonds is 4. The van der Waals surface area contributed by atoms with Crippen LogP contribution in [0.25, 0.3) is 0 Å². The zero-order chi connectivity index (χ0) is 8.20. The van der Waals surface area contributed by atoms with Crippen LogP contribution < -0.4 is 0 Å². The molecule has 0 aromatic rings. The van der Waals surface area contributed by atoms with Crippen LogP contribution in [0, 0.1) is 0 Å². The molecule has 1 nitrogen and oxygen atoms in total. The van der Waals surface area contributed by atoms with Crippen LogP contribution in [0.15, 0.2) is 0 Å². The third-order valence-electron chi connectivity index (χ3n) is 1.45. The molecule has 0 heterocycles. The van der Waals surface area contributed by atoms with Crippen molar-refractivity contribution < 1.29 is 4.43 Å². The van der Waals surface area contributed by atoms with Gasteiger partial charge in [-0.2, -0.15) is 0 Å². The quantitative estimate of drug-likeness (QED) is 0.572. The Bertz CT molecular complexity index is 89.3. The molecule has 0 aliphatic heterocycles. The predicted molar refractivity (Wildman–Crippen MR) is 46.3 cm³/mol. The van der Waals surface area contributed by atoms with Crippen LogP contribution >= 0.6 is 0 Å². The Balaban J connectivity index is 3.46. The molecule has 0 atom stereocenters. The van der Waals surface area contributed by atoms with Crippen molar-refractivity contribution in [1.82, 2.24) is 0 Å². The van der Waals surface area contributed by atoms with Gasteiger partial charge >= 0.3 is 0 Å². The van der Waals surface area contributed by atoms with E-state index < -0.39 is 0 Å². The summed E-state index contributed by atoms with van der Waals surface area (Å²) in [6, 6.07) is 0. The fourth-order valence-electron chi connectivity index (χ4n) is 0.350. The van der Waals surface area contributed by atoms with Crippen LogP contribution in [0.2, 0.25) is 5.04 Å². The van der Waals surface area contributed by atoms with E-state index in [2.05, 4.69) is 34.6 Å². The summed E-state index contributed by atoms with van der Waals surface area (Å²) in [6.45, 7) is 10.9. The zero-order valence-electron chi connectivity index (χ0n) is 7.69. The van der Waals surface area contributed by atoms with E-state index in [0.29, 0.717) is 20.9 Å². The number of hydrogen-bond donors (Lipinski definition) is 0. The maximum Gasteiger partial charge on any atom is 0.236 e. The molecule has 0 rings (SSSR count). The molecule has 0 unspecified atom stereocenters. The first kappa shape index (κ1) is 10.2. The van der Waals surface area contributed by atoms with Crippen molar-refractivity contribution in [3.05, 3.63) is 0 Å². The average molecular weight is 158 g/mol. The van der Waals surface area contributed by atoms with Gasteiger partial charge in [0.1, 0.15) is 0 Å². The Morgan fingerprint density at radius 1 is 1.40 bits per heavy atom. The highest BCUT2D eigenvalue weighted by Crippen LogP contribution is 2.26.